The van der Waals surface area contributed by atoms with Crippen LogP contribution in [0, 0.1) is 5.82 Å². The van der Waals surface area contributed by atoms with Gasteiger partial charge in [-0.15, -0.1) is 11.8 Å². The molecule has 0 bridgehead atoms. The van der Waals surface area contributed by atoms with Crippen molar-refractivity contribution in [3.8, 4) is 0 Å². The van der Waals surface area contributed by atoms with Gasteiger partial charge in [0, 0.05) is 22.9 Å². The van der Waals surface area contributed by atoms with E-state index in [1.807, 2.05) is 18.2 Å². The minimum absolute atomic E-state index is 0.0291. The highest BCUT2D eigenvalue weighted by atomic mass is 32.2. The van der Waals surface area contributed by atoms with Gasteiger partial charge in [0.25, 0.3) is 0 Å². The van der Waals surface area contributed by atoms with Crippen LogP contribution in [-0.2, 0) is 6.42 Å². The molecule has 1 aromatic carbocycles. The maximum absolute atomic E-state index is 13.5. The Morgan fingerprint density at radius 1 is 1.30 bits per heavy atom. The molecule has 0 saturated carbocycles. The Bertz CT molecular complexity index is 564. The first-order valence-electron chi connectivity index (χ1n) is 6.23. The third-order valence-corrected chi connectivity index (χ3v) is 4.05. The van der Waals surface area contributed by atoms with Crippen LogP contribution in [0.4, 0.5) is 10.2 Å². The van der Waals surface area contributed by atoms with Crippen LogP contribution in [0.25, 0.3) is 0 Å². The van der Waals surface area contributed by atoms with Crippen LogP contribution in [0.5, 0.6) is 0 Å². The van der Waals surface area contributed by atoms with Gasteiger partial charge < -0.3 is 5.73 Å². The molecule has 0 amide bonds. The topological polar surface area (TPSA) is 77.0 Å². The molecule has 1 atom stereocenters. The Morgan fingerprint density at radius 3 is 2.80 bits per heavy atom. The zero-order valence-electron chi connectivity index (χ0n) is 10.9. The number of benzene rings is 1. The highest BCUT2D eigenvalue weighted by molar-refractivity contribution is 7.99. The average molecular weight is 292 g/mol. The lowest BCUT2D eigenvalue weighted by molar-refractivity contribution is 0.573. The predicted octanol–water partition coefficient (Wildman–Crippen LogP) is 1.97. The number of halogens is 1. The molecule has 2 rings (SSSR count). The van der Waals surface area contributed by atoms with Crippen molar-refractivity contribution in [2.75, 3.05) is 11.5 Å². The second-order valence-electron chi connectivity index (χ2n) is 4.40. The smallest absolute Gasteiger partial charge is 0.136 e. The molecule has 0 fully saturated rings. The summed E-state index contributed by atoms with van der Waals surface area (Å²) in [7, 11) is 0. The zero-order chi connectivity index (χ0) is 14.4. The number of aromatic nitrogens is 1. The minimum atomic E-state index is -0.207. The molecule has 0 spiro atoms. The van der Waals surface area contributed by atoms with E-state index in [0.717, 1.165) is 5.56 Å². The Morgan fingerprint density at radius 2 is 2.10 bits per heavy atom. The highest BCUT2D eigenvalue weighted by Crippen LogP contribution is 2.22. The maximum Gasteiger partial charge on any atom is 0.136 e. The van der Waals surface area contributed by atoms with E-state index in [9.17, 15) is 4.39 Å². The SMILES string of the molecule is NNC(CSc1ccccc1F)Cc1ccnc(N)c1. The normalized spacial score (nSPS) is 12.3. The number of rotatable bonds is 6. The number of nitrogens with one attached hydrogen (secondary N) is 1. The summed E-state index contributed by atoms with van der Waals surface area (Å²) in [5.41, 5.74) is 9.45. The monoisotopic (exact) mass is 292 g/mol. The van der Waals surface area contributed by atoms with Crippen molar-refractivity contribution in [3.63, 3.8) is 0 Å². The third kappa shape index (κ3) is 4.19. The van der Waals surface area contributed by atoms with Crippen LogP contribution >= 0.6 is 11.8 Å². The summed E-state index contributed by atoms with van der Waals surface area (Å²) >= 11 is 1.44. The summed E-state index contributed by atoms with van der Waals surface area (Å²) in [6, 6.07) is 10.5. The van der Waals surface area contributed by atoms with Crippen molar-refractivity contribution >= 4 is 17.6 Å². The summed E-state index contributed by atoms with van der Waals surface area (Å²) in [5, 5.41) is 0. The van der Waals surface area contributed by atoms with Gasteiger partial charge in [0.2, 0.25) is 0 Å². The van der Waals surface area contributed by atoms with Crippen molar-refractivity contribution in [1.82, 2.24) is 10.4 Å². The number of hydrogen-bond acceptors (Lipinski definition) is 5. The van der Waals surface area contributed by atoms with Gasteiger partial charge in [-0.1, -0.05) is 12.1 Å². The van der Waals surface area contributed by atoms with Gasteiger partial charge >= 0.3 is 0 Å². The molecule has 0 aliphatic rings. The quantitative estimate of drug-likeness (QED) is 0.431. The summed E-state index contributed by atoms with van der Waals surface area (Å²) in [6.45, 7) is 0. The molecule has 0 aliphatic carbocycles. The van der Waals surface area contributed by atoms with Crippen LogP contribution in [-0.4, -0.2) is 16.8 Å². The number of pyridine rings is 1. The van der Waals surface area contributed by atoms with E-state index in [-0.39, 0.29) is 11.9 Å². The molecule has 20 heavy (non-hydrogen) atoms. The van der Waals surface area contributed by atoms with Gasteiger partial charge in [0.15, 0.2) is 0 Å². The fraction of sp³-hybridized carbons (Fsp3) is 0.214. The number of thioether (sulfide) groups is 1. The van der Waals surface area contributed by atoms with Gasteiger partial charge in [-0.05, 0) is 36.2 Å². The van der Waals surface area contributed by atoms with Crippen LogP contribution < -0.4 is 17.0 Å². The Kier molecular flexibility index (Phi) is 5.34. The molecule has 0 radical (unpaired) electrons. The first kappa shape index (κ1) is 14.8. The average Bonchev–Trinajstić information content (AvgIpc) is 2.45. The van der Waals surface area contributed by atoms with Gasteiger partial charge in [0.1, 0.15) is 11.6 Å². The Labute approximate surface area is 121 Å². The molecule has 5 N–H and O–H groups in total. The largest absolute Gasteiger partial charge is 0.384 e. The summed E-state index contributed by atoms with van der Waals surface area (Å²) < 4.78 is 13.5. The van der Waals surface area contributed by atoms with Gasteiger partial charge in [-0.3, -0.25) is 11.3 Å². The minimum Gasteiger partial charge on any atom is -0.384 e. The summed E-state index contributed by atoms with van der Waals surface area (Å²) in [4.78, 5) is 4.58. The van der Waals surface area contributed by atoms with Gasteiger partial charge in [-0.25, -0.2) is 9.37 Å². The first-order chi connectivity index (χ1) is 9.69. The van der Waals surface area contributed by atoms with Crippen LogP contribution in [0.15, 0.2) is 47.5 Å². The number of hydrazine groups is 1. The third-order valence-electron chi connectivity index (χ3n) is 2.84. The van der Waals surface area contributed by atoms with Crippen LogP contribution in [0.2, 0.25) is 0 Å². The molecule has 1 heterocycles. The van der Waals surface area contributed by atoms with Crippen molar-refractivity contribution in [1.29, 1.82) is 0 Å². The predicted molar refractivity (Wildman–Crippen MR) is 80.6 cm³/mol. The fourth-order valence-electron chi connectivity index (χ4n) is 1.82. The number of nitrogens with two attached hydrogens (primary N) is 2. The van der Waals surface area contributed by atoms with E-state index in [1.165, 1.54) is 17.8 Å². The van der Waals surface area contributed by atoms with Gasteiger partial charge in [0.05, 0.1) is 0 Å². The van der Waals surface area contributed by atoms with E-state index in [1.54, 1.807) is 18.3 Å². The van der Waals surface area contributed by atoms with E-state index in [4.69, 9.17) is 11.6 Å². The molecule has 2 aromatic rings. The number of anilines is 1. The Balaban J connectivity index is 1.94. The van der Waals surface area contributed by atoms with Gasteiger partial charge in [-0.2, -0.15) is 0 Å². The lowest BCUT2D eigenvalue weighted by Crippen LogP contribution is -2.38. The molecule has 0 aliphatic heterocycles. The second kappa shape index (κ2) is 7.23. The van der Waals surface area contributed by atoms with E-state index >= 15 is 0 Å². The van der Waals surface area contributed by atoms with E-state index in [0.29, 0.717) is 22.9 Å². The molecular formula is C14H17FN4S. The number of hydrogen-bond donors (Lipinski definition) is 3. The molecule has 106 valence electrons. The summed E-state index contributed by atoms with van der Waals surface area (Å²) in [5.74, 6) is 6.50. The van der Waals surface area contributed by atoms with Crippen molar-refractivity contribution in [2.45, 2.75) is 17.4 Å². The number of nitrogens with zero attached hydrogens (tertiary/aromatic N) is 1. The highest BCUT2D eigenvalue weighted by Gasteiger charge is 2.10. The molecule has 4 nitrogen and oxygen atoms in total. The molecule has 1 aromatic heterocycles. The molecular weight excluding hydrogens is 275 g/mol. The lowest BCUT2D eigenvalue weighted by atomic mass is 10.1. The van der Waals surface area contributed by atoms with Crippen LogP contribution in [0.3, 0.4) is 0 Å². The molecule has 6 heteroatoms. The maximum atomic E-state index is 13.5. The van der Waals surface area contributed by atoms with Crippen LogP contribution in [0.1, 0.15) is 5.56 Å². The standard InChI is InChI=1S/C14H17FN4S/c15-12-3-1-2-4-13(12)20-9-11(19-17)7-10-5-6-18-14(16)8-10/h1-6,8,11,19H,7,9,17H2,(H2,16,18). The van der Waals surface area contributed by atoms with E-state index < -0.39 is 0 Å². The van der Waals surface area contributed by atoms with E-state index in [2.05, 4.69) is 10.4 Å². The van der Waals surface area contributed by atoms with Crippen molar-refractivity contribution in [2.24, 2.45) is 5.84 Å². The molecule has 0 saturated heterocycles. The first-order valence-corrected chi connectivity index (χ1v) is 7.21. The number of nitrogen functional groups attached to an aromatic ring is 1. The summed E-state index contributed by atoms with van der Waals surface area (Å²) in [6.07, 6.45) is 2.38. The van der Waals surface area contributed by atoms with Crippen molar-refractivity contribution in [3.05, 3.63) is 54.0 Å². The molecule has 1 unspecified atom stereocenters. The Hall–Kier alpha value is -1.63. The van der Waals surface area contributed by atoms with Crippen molar-refractivity contribution < 1.29 is 4.39 Å². The zero-order valence-corrected chi connectivity index (χ0v) is 11.7. The second-order valence-corrected chi connectivity index (χ2v) is 5.46. The fourth-order valence-corrected chi connectivity index (χ4v) is 2.80. The lowest BCUT2D eigenvalue weighted by Gasteiger charge is -2.15.